The Bertz CT molecular complexity index is 345. The second kappa shape index (κ2) is 13.3. The van der Waals surface area contributed by atoms with Crippen molar-refractivity contribution in [3.8, 4) is 0 Å². The van der Waals surface area contributed by atoms with Crippen LogP contribution in [-0.4, -0.2) is 24.8 Å². The van der Waals surface area contributed by atoms with Gasteiger partial charge < -0.3 is 22.4 Å². The Morgan fingerprint density at radius 1 is 1.33 bits per heavy atom. The van der Waals surface area contributed by atoms with Crippen LogP contribution in [0.2, 0.25) is 0 Å². The summed E-state index contributed by atoms with van der Waals surface area (Å²) in [5, 5.41) is 17.3. The summed E-state index contributed by atoms with van der Waals surface area (Å²) >= 11 is -0.931. The van der Waals surface area contributed by atoms with Crippen LogP contribution in [0.3, 0.4) is 0 Å². The number of halogens is 3. The van der Waals surface area contributed by atoms with Gasteiger partial charge in [-0.25, -0.2) is 0 Å². The Morgan fingerprint density at radius 3 is 2.17 bits per heavy atom. The molecule has 0 atom stereocenters. The summed E-state index contributed by atoms with van der Waals surface area (Å²) in [5.41, 5.74) is 1.56. The van der Waals surface area contributed by atoms with E-state index in [1.807, 2.05) is 24.0 Å². The minimum atomic E-state index is -0.931. The number of hydrogen-bond acceptors (Lipinski definition) is 3. The van der Waals surface area contributed by atoms with Crippen LogP contribution in [0, 0.1) is 5.39 Å². The van der Waals surface area contributed by atoms with E-state index in [0.29, 0.717) is 12.2 Å². The molecule has 1 aromatic rings. The number of rotatable bonds is 4. The van der Waals surface area contributed by atoms with Gasteiger partial charge in [0.25, 0.3) is 0 Å². The molecule has 1 rings (SSSR count). The van der Waals surface area contributed by atoms with Crippen molar-refractivity contribution in [1.82, 2.24) is 0 Å². The molecule has 4 nitrogen and oxygen atoms in total. The van der Waals surface area contributed by atoms with Crippen LogP contribution < -0.4 is 17.3 Å². The summed E-state index contributed by atoms with van der Waals surface area (Å²) < 4.78 is 0. The van der Waals surface area contributed by atoms with Gasteiger partial charge in [-0.1, -0.05) is 0 Å². The average molecular weight is 364 g/mol. The van der Waals surface area contributed by atoms with Crippen molar-refractivity contribution < 1.29 is 32.7 Å². The molecule has 8 heteroatoms. The third-order valence-corrected chi connectivity index (χ3v) is 2.08. The van der Waals surface area contributed by atoms with Gasteiger partial charge in [0.05, 0.1) is 6.61 Å². The third kappa shape index (κ3) is 8.08. The van der Waals surface area contributed by atoms with Crippen molar-refractivity contribution >= 4 is 30.8 Å². The molecular formula is C10H14Cl3N3OZn. The molecule has 0 saturated heterocycles. The molecule has 0 fully saturated rings. The van der Waals surface area contributed by atoms with Crippen LogP contribution in [0.1, 0.15) is 6.92 Å². The molecule has 0 aliphatic heterocycles. The van der Waals surface area contributed by atoms with Crippen molar-refractivity contribution in [2.45, 2.75) is 6.92 Å². The maximum atomic E-state index is 8.83. The van der Waals surface area contributed by atoms with Gasteiger partial charge in [0.1, 0.15) is 0 Å². The second-order valence-electron chi connectivity index (χ2n) is 3.02. The fourth-order valence-corrected chi connectivity index (χ4v) is 1.32. The van der Waals surface area contributed by atoms with Gasteiger partial charge in [-0.15, -0.1) is 0 Å². The molecule has 1 aromatic carbocycles. The average Bonchev–Trinajstić information content (AvgIpc) is 2.37. The zero-order chi connectivity index (χ0) is 13.1. The van der Waals surface area contributed by atoms with E-state index in [9.17, 15) is 0 Å². The first-order valence-electron chi connectivity index (χ1n) is 5.16. The van der Waals surface area contributed by atoms with E-state index in [0.717, 1.165) is 12.2 Å². The van der Waals surface area contributed by atoms with E-state index in [2.05, 4.69) is 4.98 Å². The number of hydrogen-bond donors (Lipinski definition) is 1. The van der Waals surface area contributed by atoms with Gasteiger partial charge in [-0.05, 0) is 19.1 Å². The monoisotopic (exact) mass is 361 g/mol. The van der Waals surface area contributed by atoms with E-state index in [4.69, 9.17) is 29.9 Å². The Labute approximate surface area is 129 Å². The van der Waals surface area contributed by atoms with E-state index < -0.39 is 15.1 Å². The molecule has 1 N–H and O–H groups in total. The normalized spacial score (nSPS) is 7.94. The van der Waals surface area contributed by atoms with Crippen LogP contribution in [-0.2, 0) is 15.1 Å². The number of diazo groups is 1. The van der Waals surface area contributed by atoms with E-state index in [-0.39, 0.29) is 19.0 Å². The number of benzene rings is 1. The van der Waals surface area contributed by atoms with Gasteiger partial charge in [0.15, 0.2) is 4.98 Å². The predicted molar refractivity (Wildman–Crippen MR) is 67.9 cm³/mol. The van der Waals surface area contributed by atoms with Crippen molar-refractivity contribution in [2.75, 3.05) is 24.6 Å². The van der Waals surface area contributed by atoms with Crippen LogP contribution in [0.15, 0.2) is 24.3 Å². The Kier molecular flexibility index (Phi) is 15.0. The van der Waals surface area contributed by atoms with Crippen molar-refractivity contribution in [1.29, 1.82) is 5.39 Å². The summed E-state index contributed by atoms with van der Waals surface area (Å²) in [4.78, 5) is 5.12. The summed E-state index contributed by atoms with van der Waals surface area (Å²) in [5.74, 6) is 0. The van der Waals surface area contributed by atoms with Crippen molar-refractivity contribution in [2.24, 2.45) is 0 Å². The predicted octanol–water partition coefficient (Wildman–Crippen LogP) is 0.370. The molecule has 18 heavy (non-hydrogen) atoms. The van der Waals surface area contributed by atoms with Gasteiger partial charge in [0.2, 0.25) is 5.39 Å². The summed E-state index contributed by atoms with van der Waals surface area (Å²) in [6.45, 7) is 3.63. The van der Waals surface area contributed by atoms with E-state index in [1.54, 1.807) is 12.1 Å². The van der Waals surface area contributed by atoms with Crippen LogP contribution in [0.4, 0.5) is 11.4 Å². The summed E-state index contributed by atoms with van der Waals surface area (Å²) in [6, 6.07) is 7.20. The second-order valence-corrected chi connectivity index (χ2v) is 7.64. The zero-order valence-electron chi connectivity index (χ0n) is 10.1. The number of aliphatic hydroxyl groups excluding tert-OH is 1. The zero-order valence-corrected chi connectivity index (χ0v) is 15.3. The number of nitrogens with zero attached hydrogens (tertiary/aromatic N) is 3. The number of aliphatic hydroxyl groups is 1. The summed E-state index contributed by atoms with van der Waals surface area (Å²) in [6.07, 6.45) is 0. The van der Waals surface area contributed by atoms with E-state index in [1.165, 1.54) is 0 Å². The first-order chi connectivity index (χ1) is 8.23. The Hall–Kier alpha value is -0.107. The topological polar surface area (TPSA) is 51.6 Å². The van der Waals surface area contributed by atoms with Crippen LogP contribution in [0.5, 0.6) is 0 Å². The third-order valence-electron chi connectivity index (χ3n) is 2.08. The number of likely N-dealkylation sites (N-methyl/N-ethyl adjacent to an activating group) is 1. The SMILES string of the molecule is CCN(CCO)c1ccc([N+]#N)cc1.[Cl-].[Cl][Zn][Cl]. The summed E-state index contributed by atoms with van der Waals surface area (Å²) in [7, 11) is 9.90. The fraction of sp³-hybridized carbons (Fsp3) is 0.400. The molecule has 0 bridgehead atoms. The molecule has 0 saturated carbocycles. The first kappa shape index (κ1) is 20.2. The molecule has 0 unspecified atom stereocenters. The van der Waals surface area contributed by atoms with Gasteiger partial charge >= 0.3 is 40.2 Å². The first-order valence-corrected chi connectivity index (χ1v) is 13.0. The Morgan fingerprint density at radius 2 is 1.83 bits per heavy atom. The van der Waals surface area contributed by atoms with Crippen molar-refractivity contribution in [3.05, 3.63) is 29.2 Å². The minimum absolute atomic E-state index is 0. The molecule has 0 heterocycles. The molecule has 98 valence electrons. The van der Waals surface area contributed by atoms with Gasteiger partial charge in [0, 0.05) is 30.9 Å². The fourth-order valence-electron chi connectivity index (χ4n) is 1.32. The van der Waals surface area contributed by atoms with Gasteiger partial charge in [-0.2, -0.15) is 0 Å². The molecule has 0 aliphatic rings. The van der Waals surface area contributed by atoms with E-state index >= 15 is 0 Å². The van der Waals surface area contributed by atoms with Crippen LogP contribution in [0.25, 0.3) is 4.98 Å². The molecule has 0 amide bonds. The van der Waals surface area contributed by atoms with Gasteiger partial charge in [-0.3, -0.25) is 0 Å². The molecule has 0 spiro atoms. The number of anilines is 1. The Balaban J connectivity index is 0. The standard InChI is InChI=1S/C10H14N3O.3ClH.Zn/c1-2-13(7-8-14)10-5-3-9(12-11)4-6-10;;;;/h3-6,14H,2,7-8H2,1H3;3*1H;/q+1;;;;+2/p-3. The molecule has 0 aliphatic carbocycles. The van der Waals surface area contributed by atoms with Crippen molar-refractivity contribution in [3.63, 3.8) is 0 Å². The molecule has 0 aromatic heterocycles. The maximum absolute atomic E-state index is 8.83. The van der Waals surface area contributed by atoms with Crippen LogP contribution >= 0.6 is 19.4 Å². The molecule has 0 radical (unpaired) electrons. The molecular weight excluding hydrogens is 350 g/mol. The quantitative estimate of drug-likeness (QED) is 0.621.